The van der Waals surface area contributed by atoms with Crippen LogP contribution in [0.15, 0.2) is 17.0 Å². The van der Waals surface area contributed by atoms with E-state index in [1.54, 1.807) is 0 Å². The van der Waals surface area contributed by atoms with E-state index in [1.165, 1.54) is 0 Å². The maximum Gasteiger partial charge on any atom is 0.342 e. The first-order valence-electron chi connectivity index (χ1n) is 6.88. The van der Waals surface area contributed by atoms with Gasteiger partial charge in [0.25, 0.3) is 5.69 Å². The topological polar surface area (TPSA) is 115 Å². The van der Waals surface area contributed by atoms with Gasteiger partial charge in [0.1, 0.15) is 5.56 Å². The summed E-state index contributed by atoms with van der Waals surface area (Å²) in [5.41, 5.74) is -0.793. The van der Waals surface area contributed by atoms with Crippen molar-refractivity contribution < 1.29 is 23.2 Å². The highest BCUT2D eigenvalue weighted by molar-refractivity contribution is 7.90. The zero-order valence-electron chi connectivity index (χ0n) is 12.3. The molecule has 0 amide bonds. The number of nitrogens with zero attached hydrogens (tertiary/aromatic N) is 1. The number of hydrogen-bond acceptors (Lipinski definition) is 5. The highest BCUT2D eigenvalue weighted by Crippen LogP contribution is 2.43. The first kappa shape index (κ1) is 16.4. The lowest BCUT2D eigenvalue weighted by molar-refractivity contribution is -0.385. The number of nitro benzene ring substituents is 1. The molecule has 1 aromatic rings. The Morgan fingerprint density at radius 3 is 2.41 bits per heavy atom. The van der Waals surface area contributed by atoms with E-state index in [9.17, 15) is 23.3 Å². The summed E-state index contributed by atoms with van der Waals surface area (Å²) in [5.74, 6) is -1.41. The van der Waals surface area contributed by atoms with Crippen LogP contribution in [0.3, 0.4) is 0 Å². The second-order valence-electron chi connectivity index (χ2n) is 5.76. The van der Waals surface area contributed by atoms with Gasteiger partial charge in [-0.05, 0) is 29.9 Å². The number of sulfone groups is 1. The van der Waals surface area contributed by atoms with Gasteiger partial charge in [-0.3, -0.25) is 10.1 Å². The monoisotopic (exact) mass is 327 g/mol. The van der Waals surface area contributed by atoms with Gasteiger partial charge < -0.3 is 5.11 Å². The molecular formula is C14H17NO6S. The maximum absolute atomic E-state index is 12.0. The minimum absolute atomic E-state index is 0.105. The molecule has 1 saturated carbocycles. The van der Waals surface area contributed by atoms with Crippen molar-refractivity contribution in [2.45, 2.75) is 37.0 Å². The number of benzene rings is 1. The molecule has 1 fully saturated rings. The van der Waals surface area contributed by atoms with Crippen LogP contribution in [0.4, 0.5) is 5.69 Å². The van der Waals surface area contributed by atoms with E-state index >= 15 is 0 Å². The van der Waals surface area contributed by atoms with Crippen molar-refractivity contribution in [1.29, 1.82) is 0 Å². The Bertz CT molecular complexity index is 740. The molecule has 2 atom stereocenters. The van der Waals surface area contributed by atoms with Crippen LogP contribution in [0.25, 0.3) is 0 Å². The molecular weight excluding hydrogens is 310 g/mol. The largest absolute Gasteiger partial charge is 0.477 e. The Kier molecular flexibility index (Phi) is 4.23. The molecule has 2 rings (SSSR count). The number of rotatable bonds is 4. The minimum Gasteiger partial charge on any atom is -0.477 e. The quantitative estimate of drug-likeness (QED) is 0.671. The lowest BCUT2D eigenvalue weighted by Crippen LogP contribution is -2.13. The molecule has 0 saturated heterocycles. The second-order valence-corrected chi connectivity index (χ2v) is 7.74. The number of hydrogen-bond donors (Lipinski definition) is 1. The predicted octanol–water partition coefficient (Wildman–Crippen LogP) is 2.60. The van der Waals surface area contributed by atoms with E-state index in [0.29, 0.717) is 5.56 Å². The van der Waals surface area contributed by atoms with Crippen LogP contribution in [0.2, 0.25) is 0 Å². The van der Waals surface area contributed by atoms with Gasteiger partial charge >= 0.3 is 5.97 Å². The average molecular weight is 327 g/mol. The third kappa shape index (κ3) is 2.96. The third-order valence-corrected chi connectivity index (χ3v) is 5.37. The van der Waals surface area contributed by atoms with E-state index in [4.69, 9.17) is 5.11 Å². The van der Waals surface area contributed by atoms with Crippen molar-refractivity contribution in [2.24, 2.45) is 5.92 Å². The van der Waals surface area contributed by atoms with Crippen molar-refractivity contribution in [2.75, 3.05) is 6.26 Å². The molecule has 0 bridgehead atoms. The molecule has 2 unspecified atom stereocenters. The molecule has 1 aliphatic rings. The summed E-state index contributed by atoms with van der Waals surface area (Å²) in [6.45, 7) is 1.97. The van der Waals surface area contributed by atoms with Crippen LogP contribution in [0.1, 0.15) is 48.0 Å². The lowest BCUT2D eigenvalue weighted by atomic mass is 9.89. The summed E-state index contributed by atoms with van der Waals surface area (Å²) < 4.78 is 24.0. The van der Waals surface area contributed by atoms with Gasteiger partial charge in [-0.15, -0.1) is 0 Å². The van der Waals surface area contributed by atoms with Crippen LogP contribution in [0, 0.1) is 16.0 Å². The molecule has 1 aliphatic carbocycles. The summed E-state index contributed by atoms with van der Waals surface area (Å²) in [6.07, 6.45) is 3.57. The number of carbonyl (C=O) groups is 1. The lowest BCUT2D eigenvalue weighted by Gasteiger charge is -2.19. The molecule has 0 aromatic heterocycles. The van der Waals surface area contributed by atoms with Gasteiger partial charge in [0.15, 0.2) is 9.84 Å². The highest BCUT2D eigenvalue weighted by Gasteiger charge is 2.33. The first-order valence-corrected chi connectivity index (χ1v) is 8.77. The zero-order chi connectivity index (χ0) is 16.7. The smallest absolute Gasteiger partial charge is 0.342 e. The van der Waals surface area contributed by atoms with Gasteiger partial charge in [0.05, 0.1) is 9.82 Å². The summed E-state index contributed by atoms with van der Waals surface area (Å²) in [4.78, 5) is 21.4. The molecule has 1 aromatic carbocycles. The molecule has 0 spiro atoms. The number of aromatic carboxylic acids is 1. The van der Waals surface area contributed by atoms with E-state index in [1.807, 2.05) is 6.92 Å². The average Bonchev–Trinajstić information content (AvgIpc) is 2.82. The fourth-order valence-corrected chi connectivity index (χ4v) is 4.10. The Hall–Kier alpha value is -1.96. The first-order chi connectivity index (χ1) is 10.1. The van der Waals surface area contributed by atoms with Crippen LogP contribution < -0.4 is 0 Å². The van der Waals surface area contributed by atoms with Gasteiger partial charge in [-0.2, -0.15) is 0 Å². The van der Waals surface area contributed by atoms with Crippen LogP contribution >= 0.6 is 0 Å². The van der Waals surface area contributed by atoms with Crippen molar-refractivity contribution in [1.82, 2.24) is 0 Å². The highest BCUT2D eigenvalue weighted by atomic mass is 32.2. The normalized spacial score (nSPS) is 21.7. The number of carboxylic acid groups (broad SMARTS) is 1. The molecule has 0 radical (unpaired) electrons. The maximum atomic E-state index is 12.0. The SMILES string of the molecule is CC1CCCC1c1cc([N+](=O)[O-])c(C(=O)O)cc1S(C)(=O)=O. The minimum atomic E-state index is -3.68. The Morgan fingerprint density at radius 1 is 1.36 bits per heavy atom. The summed E-state index contributed by atoms with van der Waals surface area (Å²) >= 11 is 0. The molecule has 0 heterocycles. The van der Waals surface area contributed by atoms with Gasteiger partial charge in [-0.1, -0.05) is 19.8 Å². The van der Waals surface area contributed by atoms with Crippen LogP contribution in [-0.4, -0.2) is 30.7 Å². The summed E-state index contributed by atoms with van der Waals surface area (Å²) in [7, 11) is -3.68. The Morgan fingerprint density at radius 2 is 2.00 bits per heavy atom. The van der Waals surface area contributed by atoms with Crippen LogP contribution in [-0.2, 0) is 9.84 Å². The van der Waals surface area contributed by atoms with Crippen molar-refractivity contribution in [3.8, 4) is 0 Å². The van der Waals surface area contributed by atoms with E-state index < -0.39 is 32.0 Å². The molecule has 0 aliphatic heterocycles. The summed E-state index contributed by atoms with van der Waals surface area (Å²) in [6, 6.07) is 2.06. The molecule has 120 valence electrons. The second kappa shape index (κ2) is 5.68. The standard InChI is InChI=1S/C14H17NO6S/c1-8-4-3-5-9(8)10-6-12(15(18)19)11(14(16)17)7-13(10)22(2,20)21/h6-9H,3-5H2,1-2H3,(H,16,17). The Balaban J connectivity index is 2.77. The zero-order valence-corrected chi connectivity index (χ0v) is 13.1. The van der Waals surface area contributed by atoms with E-state index in [0.717, 1.165) is 37.7 Å². The molecule has 1 N–H and O–H groups in total. The number of carboxylic acids is 1. The molecule has 8 heteroatoms. The van der Waals surface area contributed by atoms with Gasteiger partial charge in [0.2, 0.25) is 0 Å². The molecule has 7 nitrogen and oxygen atoms in total. The fourth-order valence-electron chi connectivity index (χ4n) is 3.13. The third-order valence-electron chi connectivity index (χ3n) is 4.22. The van der Waals surface area contributed by atoms with Crippen molar-refractivity contribution >= 4 is 21.5 Å². The van der Waals surface area contributed by atoms with Gasteiger partial charge in [0, 0.05) is 12.3 Å². The van der Waals surface area contributed by atoms with Gasteiger partial charge in [-0.25, -0.2) is 13.2 Å². The van der Waals surface area contributed by atoms with Crippen molar-refractivity contribution in [3.05, 3.63) is 33.4 Å². The van der Waals surface area contributed by atoms with Crippen molar-refractivity contribution in [3.63, 3.8) is 0 Å². The van der Waals surface area contributed by atoms with Crippen LogP contribution in [0.5, 0.6) is 0 Å². The Labute approximate surface area is 128 Å². The fraction of sp³-hybridized carbons (Fsp3) is 0.500. The summed E-state index contributed by atoms with van der Waals surface area (Å²) in [5, 5.41) is 20.2. The van der Waals surface area contributed by atoms with E-state index in [2.05, 4.69) is 0 Å². The molecule has 22 heavy (non-hydrogen) atoms. The predicted molar refractivity (Wildman–Crippen MR) is 78.9 cm³/mol. The van der Waals surface area contributed by atoms with E-state index in [-0.39, 0.29) is 16.7 Å². The number of nitro groups is 1.